The van der Waals surface area contributed by atoms with Crippen molar-refractivity contribution < 1.29 is 13.2 Å². The molecule has 0 atom stereocenters. The van der Waals surface area contributed by atoms with Gasteiger partial charge in [0.05, 0.1) is 4.90 Å². The molecular weight excluding hydrogens is 362 g/mol. The molecule has 1 N–H and O–H groups in total. The molecule has 27 heavy (non-hydrogen) atoms. The molecule has 0 unspecified atom stereocenters. The van der Waals surface area contributed by atoms with E-state index in [1.165, 1.54) is 12.1 Å². The number of rotatable bonds is 8. The van der Waals surface area contributed by atoms with Crippen LogP contribution in [-0.2, 0) is 14.8 Å². The number of hydrogen-bond acceptors (Lipinski definition) is 4. The molecule has 0 heterocycles. The summed E-state index contributed by atoms with van der Waals surface area (Å²) >= 11 is 0. The molecule has 0 aliphatic heterocycles. The third-order valence-electron chi connectivity index (χ3n) is 4.02. The largest absolute Gasteiger partial charge is 0.338 e. The van der Waals surface area contributed by atoms with Gasteiger partial charge in [0.2, 0.25) is 0 Å². The van der Waals surface area contributed by atoms with Crippen molar-refractivity contribution in [2.75, 3.05) is 13.1 Å². The molecule has 0 saturated carbocycles. The Morgan fingerprint density at radius 1 is 1.04 bits per heavy atom. The first-order valence-corrected chi connectivity index (χ1v) is 10.4. The van der Waals surface area contributed by atoms with Gasteiger partial charge in [0.15, 0.2) is 5.71 Å². The number of sulfonamides is 1. The van der Waals surface area contributed by atoms with Gasteiger partial charge in [0.25, 0.3) is 15.9 Å². The van der Waals surface area contributed by atoms with Crippen LogP contribution in [0.5, 0.6) is 0 Å². The molecule has 0 aromatic heterocycles. The van der Waals surface area contributed by atoms with Gasteiger partial charge >= 0.3 is 0 Å². The molecule has 0 bridgehead atoms. The van der Waals surface area contributed by atoms with E-state index in [-0.39, 0.29) is 16.5 Å². The highest BCUT2D eigenvalue weighted by Gasteiger charge is 2.21. The molecule has 2 aromatic rings. The molecule has 0 spiro atoms. The molecule has 0 aliphatic rings. The number of nitrogens with zero attached hydrogens (tertiary/aromatic N) is 2. The normalized spacial score (nSPS) is 11.9. The van der Waals surface area contributed by atoms with Crippen LogP contribution >= 0.6 is 0 Å². The molecule has 144 valence electrons. The van der Waals surface area contributed by atoms with E-state index in [0.29, 0.717) is 18.7 Å². The second-order valence-corrected chi connectivity index (χ2v) is 7.78. The van der Waals surface area contributed by atoms with Crippen molar-refractivity contribution in [3.63, 3.8) is 0 Å². The first-order valence-electron chi connectivity index (χ1n) is 8.90. The summed E-state index contributed by atoms with van der Waals surface area (Å²) in [4.78, 5) is 16.9. The van der Waals surface area contributed by atoms with Gasteiger partial charge in [-0.15, -0.1) is 0 Å². The highest BCUT2D eigenvalue weighted by Crippen LogP contribution is 2.11. The number of carbonyl (C=O) groups is 1. The molecular formula is C20H25N3O3S. The Morgan fingerprint density at radius 2 is 1.67 bits per heavy atom. The van der Waals surface area contributed by atoms with Crippen LogP contribution in [0.2, 0.25) is 0 Å². The number of hydrazone groups is 1. The number of likely N-dealkylation sites (N-methyl/N-ethyl adjacent to an activating group) is 1. The SMILES string of the molecule is CCCN(CC)C(=O)/C(=N/NS(=O)(=O)c1ccc(C)cc1)c1ccccc1. The van der Waals surface area contributed by atoms with Crippen LogP contribution in [0, 0.1) is 6.92 Å². The summed E-state index contributed by atoms with van der Waals surface area (Å²) in [6.45, 7) is 6.83. The van der Waals surface area contributed by atoms with E-state index in [0.717, 1.165) is 12.0 Å². The lowest BCUT2D eigenvalue weighted by atomic mass is 10.1. The van der Waals surface area contributed by atoms with Gasteiger partial charge in [-0.05, 0) is 32.4 Å². The topological polar surface area (TPSA) is 78.8 Å². The van der Waals surface area contributed by atoms with E-state index < -0.39 is 10.0 Å². The van der Waals surface area contributed by atoms with Crippen LogP contribution in [-0.4, -0.2) is 38.0 Å². The molecule has 7 heteroatoms. The summed E-state index contributed by atoms with van der Waals surface area (Å²) in [5, 5.41) is 4.00. The zero-order valence-electron chi connectivity index (χ0n) is 15.8. The number of benzene rings is 2. The van der Waals surface area contributed by atoms with Gasteiger partial charge < -0.3 is 4.90 Å². The average molecular weight is 388 g/mol. The average Bonchev–Trinajstić information content (AvgIpc) is 2.67. The predicted molar refractivity (Wildman–Crippen MR) is 107 cm³/mol. The summed E-state index contributed by atoms with van der Waals surface area (Å²) < 4.78 is 25.0. The lowest BCUT2D eigenvalue weighted by Gasteiger charge is -2.21. The van der Waals surface area contributed by atoms with Crippen LogP contribution in [0.4, 0.5) is 0 Å². The van der Waals surface area contributed by atoms with Gasteiger partial charge in [-0.1, -0.05) is 55.0 Å². The first-order chi connectivity index (χ1) is 12.9. The van der Waals surface area contributed by atoms with Crippen molar-refractivity contribution >= 4 is 21.6 Å². The number of hydrogen-bond donors (Lipinski definition) is 1. The zero-order valence-corrected chi connectivity index (χ0v) is 16.7. The Labute approximate surface area is 161 Å². The molecule has 2 aromatic carbocycles. The Kier molecular flexibility index (Phi) is 7.12. The van der Waals surface area contributed by atoms with E-state index in [1.54, 1.807) is 41.3 Å². The van der Waals surface area contributed by atoms with Crippen LogP contribution in [0.1, 0.15) is 31.4 Å². The molecule has 0 saturated heterocycles. The predicted octanol–water partition coefficient (Wildman–Crippen LogP) is 2.94. The third-order valence-corrected chi connectivity index (χ3v) is 5.25. The van der Waals surface area contributed by atoms with Crippen molar-refractivity contribution in [2.24, 2.45) is 5.10 Å². The maximum Gasteiger partial charge on any atom is 0.276 e. The van der Waals surface area contributed by atoms with Gasteiger partial charge in [-0.25, -0.2) is 0 Å². The third kappa shape index (κ3) is 5.40. The monoisotopic (exact) mass is 387 g/mol. The van der Waals surface area contributed by atoms with Crippen LogP contribution in [0.25, 0.3) is 0 Å². The summed E-state index contributed by atoms with van der Waals surface area (Å²) in [6.07, 6.45) is 0.802. The standard InChI is InChI=1S/C20H25N3O3S/c1-4-15-23(5-2)20(24)19(17-9-7-6-8-10-17)21-22-27(25,26)18-13-11-16(3)12-14-18/h6-14,22H,4-5,15H2,1-3H3/b21-19+. The Balaban J connectivity index is 2.38. The summed E-state index contributed by atoms with van der Waals surface area (Å²) in [6, 6.07) is 15.3. The Bertz CT molecular complexity index is 892. The highest BCUT2D eigenvalue weighted by atomic mass is 32.2. The molecule has 6 nitrogen and oxygen atoms in total. The minimum absolute atomic E-state index is 0.0709. The van der Waals surface area contributed by atoms with Gasteiger partial charge in [-0.3, -0.25) is 4.79 Å². The number of carbonyl (C=O) groups excluding carboxylic acids is 1. The smallest absolute Gasteiger partial charge is 0.276 e. The second-order valence-electron chi connectivity index (χ2n) is 6.12. The second kappa shape index (κ2) is 9.32. The van der Waals surface area contributed by atoms with E-state index >= 15 is 0 Å². The number of nitrogens with one attached hydrogen (secondary N) is 1. The Hall–Kier alpha value is -2.67. The zero-order chi connectivity index (χ0) is 19.9. The van der Waals surface area contributed by atoms with Gasteiger partial charge in [0.1, 0.15) is 0 Å². The fourth-order valence-electron chi connectivity index (χ4n) is 2.53. The van der Waals surface area contributed by atoms with E-state index in [1.807, 2.05) is 26.8 Å². The Morgan fingerprint density at radius 3 is 2.22 bits per heavy atom. The minimum Gasteiger partial charge on any atom is -0.338 e. The molecule has 2 rings (SSSR count). The maximum absolute atomic E-state index is 12.9. The van der Waals surface area contributed by atoms with Crippen molar-refractivity contribution in [2.45, 2.75) is 32.1 Å². The van der Waals surface area contributed by atoms with Gasteiger partial charge in [0, 0.05) is 18.7 Å². The van der Waals surface area contributed by atoms with Crippen molar-refractivity contribution in [3.05, 3.63) is 65.7 Å². The van der Waals surface area contributed by atoms with Crippen LogP contribution in [0.3, 0.4) is 0 Å². The van der Waals surface area contributed by atoms with Crippen molar-refractivity contribution in [3.8, 4) is 0 Å². The number of aryl methyl sites for hydroxylation is 1. The molecule has 0 radical (unpaired) electrons. The quantitative estimate of drug-likeness (QED) is 0.559. The summed E-state index contributed by atoms with van der Waals surface area (Å²) in [7, 11) is -3.87. The molecule has 1 amide bonds. The number of amides is 1. The summed E-state index contributed by atoms with van der Waals surface area (Å²) in [5.74, 6) is -0.308. The fourth-order valence-corrected chi connectivity index (χ4v) is 3.34. The molecule has 0 aliphatic carbocycles. The molecule has 0 fully saturated rings. The summed E-state index contributed by atoms with van der Waals surface area (Å²) in [5.41, 5.74) is 1.58. The van der Waals surface area contributed by atoms with Crippen molar-refractivity contribution in [1.29, 1.82) is 0 Å². The van der Waals surface area contributed by atoms with Crippen LogP contribution in [0.15, 0.2) is 64.6 Å². The first kappa shape index (κ1) is 20.6. The van der Waals surface area contributed by atoms with E-state index in [9.17, 15) is 13.2 Å². The van der Waals surface area contributed by atoms with Crippen molar-refractivity contribution in [1.82, 2.24) is 9.73 Å². The van der Waals surface area contributed by atoms with E-state index in [4.69, 9.17) is 0 Å². The lowest BCUT2D eigenvalue weighted by molar-refractivity contribution is -0.123. The van der Waals surface area contributed by atoms with Crippen LogP contribution < -0.4 is 4.83 Å². The van der Waals surface area contributed by atoms with E-state index in [2.05, 4.69) is 9.93 Å². The maximum atomic E-state index is 12.9. The fraction of sp³-hybridized carbons (Fsp3) is 0.300. The lowest BCUT2D eigenvalue weighted by Crippen LogP contribution is -2.38. The minimum atomic E-state index is -3.87. The highest BCUT2D eigenvalue weighted by molar-refractivity contribution is 7.89. The van der Waals surface area contributed by atoms with Gasteiger partial charge in [-0.2, -0.15) is 18.4 Å².